The van der Waals surface area contributed by atoms with Crippen LogP contribution in [0.1, 0.15) is 23.7 Å². The van der Waals surface area contributed by atoms with Crippen LogP contribution in [0.15, 0.2) is 140 Å². The fourth-order valence-electron chi connectivity index (χ4n) is 4.97. The molecule has 0 radical (unpaired) electrons. The molecule has 37 heavy (non-hydrogen) atoms. The molecule has 5 rings (SSSR count). The standard InChI is InChI=1S/C33H28OP.ClH.H3P/c1-2-31(34)30-24-15-25-32(33(30)26-16-7-3-8-17-26)35(27-18-9-4-10-19-27,28-20-11-5-12-21-28)29-22-13-6-14-23-29;;/h3-25H,2H2,1H3;1H;1H3/q+1;;/p-1. The maximum absolute atomic E-state index is 13.3. The molecule has 0 N–H and O–H groups in total. The molecule has 0 saturated carbocycles. The third kappa shape index (κ3) is 5.32. The third-order valence-electron chi connectivity index (χ3n) is 6.52. The van der Waals surface area contributed by atoms with Crippen molar-refractivity contribution in [1.82, 2.24) is 0 Å². The predicted molar refractivity (Wildman–Crippen MR) is 162 cm³/mol. The Morgan fingerprint density at radius 3 is 1.38 bits per heavy atom. The van der Waals surface area contributed by atoms with Gasteiger partial charge >= 0.3 is 0 Å². The van der Waals surface area contributed by atoms with Crippen LogP contribution < -0.4 is 33.6 Å². The summed E-state index contributed by atoms with van der Waals surface area (Å²) >= 11 is 0. The molecule has 5 aromatic carbocycles. The van der Waals surface area contributed by atoms with Crippen LogP contribution in [0.25, 0.3) is 11.1 Å². The van der Waals surface area contributed by atoms with Crippen molar-refractivity contribution in [3.63, 3.8) is 0 Å². The minimum absolute atomic E-state index is 0. The topological polar surface area (TPSA) is 17.1 Å². The van der Waals surface area contributed by atoms with E-state index in [0.29, 0.717) is 6.42 Å². The first-order valence-electron chi connectivity index (χ1n) is 12.0. The van der Waals surface area contributed by atoms with Crippen LogP contribution >= 0.6 is 17.2 Å². The van der Waals surface area contributed by atoms with Crippen molar-refractivity contribution < 1.29 is 17.2 Å². The van der Waals surface area contributed by atoms with Gasteiger partial charge < -0.3 is 12.4 Å². The number of Topliss-reactive ketones (excluding diaryl/α,β-unsaturated/α-hetero) is 1. The quantitative estimate of drug-likeness (QED) is 0.228. The van der Waals surface area contributed by atoms with Gasteiger partial charge in [-0.15, -0.1) is 0 Å². The first-order valence-corrected chi connectivity index (χ1v) is 13.8. The summed E-state index contributed by atoms with van der Waals surface area (Å²) in [5.74, 6) is 0.165. The molecule has 5 aromatic rings. The molecule has 0 aromatic heterocycles. The molecule has 1 nitrogen and oxygen atoms in total. The molecule has 0 spiro atoms. The summed E-state index contributed by atoms with van der Waals surface area (Å²) in [6.45, 7) is 1.94. The summed E-state index contributed by atoms with van der Waals surface area (Å²) in [4.78, 5) is 13.3. The van der Waals surface area contributed by atoms with Crippen molar-refractivity contribution in [2.75, 3.05) is 0 Å². The van der Waals surface area contributed by atoms with Crippen molar-refractivity contribution in [3.8, 4) is 11.1 Å². The van der Waals surface area contributed by atoms with Crippen LogP contribution in [0.3, 0.4) is 0 Å². The molecule has 0 bridgehead atoms. The minimum Gasteiger partial charge on any atom is -1.00 e. The highest BCUT2D eigenvalue weighted by atomic mass is 35.5. The summed E-state index contributed by atoms with van der Waals surface area (Å²) < 4.78 is 0. The molecular weight excluding hydrogens is 510 g/mol. The molecule has 0 saturated heterocycles. The van der Waals surface area contributed by atoms with E-state index >= 15 is 0 Å². The summed E-state index contributed by atoms with van der Waals surface area (Å²) in [5, 5.41) is 5.04. The second kappa shape index (κ2) is 12.9. The Bertz CT molecular complexity index is 1330. The zero-order chi connectivity index (χ0) is 24.1. The molecule has 1 unspecified atom stereocenters. The first kappa shape index (κ1) is 28.5. The van der Waals surface area contributed by atoms with E-state index in [-0.39, 0.29) is 28.1 Å². The number of carbonyl (C=O) groups is 1. The number of hydrogen-bond acceptors (Lipinski definition) is 1. The van der Waals surface area contributed by atoms with Gasteiger partial charge in [0.15, 0.2) is 5.78 Å². The number of benzene rings is 5. The van der Waals surface area contributed by atoms with Gasteiger partial charge in [-0.3, -0.25) is 4.79 Å². The van der Waals surface area contributed by atoms with Gasteiger partial charge in [0.25, 0.3) is 0 Å². The molecule has 1 atom stereocenters. The summed E-state index contributed by atoms with van der Waals surface area (Å²) in [7, 11) is -2.34. The Balaban J connectivity index is 0.00000190. The average Bonchev–Trinajstić information content (AvgIpc) is 2.95. The van der Waals surface area contributed by atoms with Gasteiger partial charge in [0.1, 0.15) is 28.5 Å². The monoisotopic (exact) mass is 540 g/mol. The molecule has 0 aliphatic heterocycles. The van der Waals surface area contributed by atoms with Crippen molar-refractivity contribution in [1.29, 1.82) is 0 Å². The van der Waals surface area contributed by atoms with E-state index in [0.717, 1.165) is 16.7 Å². The summed E-state index contributed by atoms with van der Waals surface area (Å²) in [6.07, 6.45) is 0.469. The van der Waals surface area contributed by atoms with E-state index in [1.54, 1.807) is 0 Å². The molecule has 0 aliphatic carbocycles. The van der Waals surface area contributed by atoms with Gasteiger partial charge in [0.05, 0.1) is 0 Å². The lowest BCUT2D eigenvalue weighted by molar-refractivity contribution is -0.0000146. The fraction of sp³-hybridized carbons (Fsp3) is 0.0606. The van der Waals surface area contributed by atoms with Crippen LogP contribution in [0.2, 0.25) is 0 Å². The normalized spacial score (nSPS) is 10.6. The first-order chi connectivity index (χ1) is 17.3. The van der Waals surface area contributed by atoms with Gasteiger partial charge in [-0.1, -0.05) is 104 Å². The van der Waals surface area contributed by atoms with Crippen molar-refractivity contribution in [2.45, 2.75) is 13.3 Å². The van der Waals surface area contributed by atoms with E-state index in [2.05, 4.69) is 127 Å². The highest BCUT2D eigenvalue weighted by Crippen LogP contribution is 2.56. The zero-order valence-electron chi connectivity index (χ0n) is 20.9. The van der Waals surface area contributed by atoms with Gasteiger partial charge in [-0.2, -0.15) is 9.90 Å². The smallest absolute Gasteiger partial charge is 0.163 e. The lowest BCUT2D eigenvalue weighted by Gasteiger charge is -2.30. The highest BCUT2D eigenvalue weighted by Gasteiger charge is 2.49. The highest BCUT2D eigenvalue weighted by molar-refractivity contribution is 8.01. The van der Waals surface area contributed by atoms with Crippen molar-refractivity contribution in [3.05, 3.63) is 145 Å². The van der Waals surface area contributed by atoms with E-state index in [1.807, 2.05) is 19.1 Å². The minimum atomic E-state index is -2.34. The van der Waals surface area contributed by atoms with Crippen molar-refractivity contribution >= 4 is 44.2 Å². The summed E-state index contributed by atoms with van der Waals surface area (Å²) in [6, 6.07) is 49.1. The Kier molecular flexibility index (Phi) is 9.96. The number of carbonyl (C=O) groups excluding carboxylic acids is 1. The largest absolute Gasteiger partial charge is 1.00 e. The second-order valence-corrected chi connectivity index (χ2v) is 11.9. The predicted octanol–water partition coefficient (Wildman–Crippen LogP) is 3.63. The van der Waals surface area contributed by atoms with E-state index in [9.17, 15) is 4.79 Å². The molecule has 0 fully saturated rings. The van der Waals surface area contributed by atoms with Gasteiger partial charge in [-0.05, 0) is 48.0 Å². The Morgan fingerprint density at radius 2 is 0.973 bits per heavy atom. The van der Waals surface area contributed by atoms with Crippen LogP contribution in [0.5, 0.6) is 0 Å². The van der Waals surface area contributed by atoms with Crippen molar-refractivity contribution in [2.24, 2.45) is 0 Å². The molecule has 0 heterocycles. The zero-order valence-corrected chi connectivity index (χ0v) is 24.0. The Labute approximate surface area is 230 Å². The Hall–Kier alpha value is -3.08. The van der Waals surface area contributed by atoms with Gasteiger partial charge in [0.2, 0.25) is 0 Å². The van der Waals surface area contributed by atoms with E-state index in [1.165, 1.54) is 21.2 Å². The van der Waals surface area contributed by atoms with Gasteiger partial charge in [0, 0.05) is 17.5 Å². The van der Waals surface area contributed by atoms with E-state index in [4.69, 9.17) is 0 Å². The summed E-state index contributed by atoms with van der Waals surface area (Å²) in [5.41, 5.74) is 2.92. The molecule has 0 aliphatic rings. The number of ketones is 1. The average molecular weight is 541 g/mol. The van der Waals surface area contributed by atoms with Crippen LogP contribution in [0, 0.1) is 0 Å². The van der Waals surface area contributed by atoms with E-state index < -0.39 is 7.26 Å². The molecule has 186 valence electrons. The van der Waals surface area contributed by atoms with Crippen LogP contribution in [-0.2, 0) is 0 Å². The second-order valence-electron chi connectivity index (χ2n) is 8.52. The number of rotatable bonds is 7. The van der Waals surface area contributed by atoms with Gasteiger partial charge in [-0.25, -0.2) is 0 Å². The SMILES string of the molecule is CCC(=O)c1cccc([P+](c2ccccc2)(c2ccccc2)c2ccccc2)c1-c1ccccc1.P.[Cl-]. The lowest BCUT2D eigenvalue weighted by atomic mass is 9.96. The molecular formula is C33H31ClOP2. The fourth-order valence-corrected chi connectivity index (χ4v) is 9.45. The van der Waals surface area contributed by atoms with Crippen LogP contribution in [-0.4, -0.2) is 5.78 Å². The number of halogens is 1. The molecule has 4 heteroatoms. The Morgan fingerprint density at radius 1 is 0.568 bits per heavy atom. The third-order valence-corrected chi connectivity index (χ3v) is 10.8. The lowest BCUT2D eigenvalue weighted by Crippen LogP contribution is -3.00. The maximum atomic E-state index is 13.3. The molecule has 0 amide bonds. The van der Waals surface area contributed by atoms with Crippen LogP contribution in [0.4, 0.5) is 0 Å². The maximum Gasteiger partial charge on any atom is 0.163 e. The number of hydrogen-bond donors (Lipinski definition) is 0.